The summed E-state index contributed by atoms with van der Waals surface area (Å²) < 4.78 is 7.45. The molecule has 0 saturated carbocycles. The van der Waals surface area contributed by atoms with Crippen molar-refractivity contribution in [1.82, 2.24) is 24.4 Å². The molecule has 1 saturated heterocycles. The number of amides is 1. The summed E-state index contributed by atoms with van der Waals surface area (Å²) in [7, 11) is 0. The van der Waals surface area contributed by atoms with Crippen LogP contribution in [-0.2, 0) is 9.53 Å². The fourth-order valence-electron chi connectivity index (χ4n) is 3.59. The Labute approximate surface area is 187 Å². The number of hydrogen-bond acceptors (Lipinski definition) is 8. The average Bonchev–Trinajstić information content (AvgIpc) is 3.20. The molecule has 2 aromatic heterocycles. The van der Waals surface area contributed by atoms with Crippen LogP contribution in [0.15, 0.2) is 30.6 Å². The predicted octanol–water partition coefficient (Wildman–Crippen LogP) is 2.85. The second-order valence-corrected chi connectivity index (χ2v) is 8.08. The van der Waals surface area contributed by atoms with Gasteiger partial charge in [0, 0.05) is 50.5 Å². The first-order valence-electron chi connectivity index (χ1n) is 10.9. The smallest absolute Gasteiger partial charge is 0.226 e. The summed E-state index contributed by atoms with van der Waals surface area (Å²) >= 11 is 0. The molecule has 10 heteroatoms. The van der Waals surface area contributed by atoms with Crippen molar-refractivity contribution in [2.45, 2.75) is 26.8 Å². The number of nitrogens with one attached hydrogen (secondary N) is 3. The van der Waals surface area contributed by atoms with Gasteiger partial charge in [-0.2, -0.15) is 9.97 Å². The number of nitrogens with zero attached hydrogens (tertiary/aromatic N) is 5. The minimum absolute atomic E-state index is 0.102. The summed E-state index contributed by atoms with van der Waals surface area (Å²) in [6.45, 7) is 10.8. The maximum atomic E-state index is 11.2. The first-order valence-corrected chi connectivity index (χ1v) is 10.9. The lowest BCUT2D eigenvalue weighted by atomic mass is 10.2. The molecule has 0 spiro atoms. The molecule has 170 valence electrons. The second-order valence-electron chi connectivity index (χ2n) is 8.08. The number of benzene rings is 1. The number of rotatable bonds is 8. The van der Waals surface area contributed by atoms with Gasteiger partial charge in [-0.3, -0.25) is 9.69 Å². The van der Waals surface area contributed by atoms with Gasteiger partial charge in [-0.1, -0.05) is 0 Å². The van der Waals surface area contributed by atoms with Gasteiger partial charge in [-0.05, 0) is 38.1 Å². The van der Waals surface area contributed by atoms with Gasteiger partial charge in [0.25, 0.3) is 0 Å². The summed E-state index contributed by atoms with van der Waals surface area (Å²) in [6.07, 6.45) is 1.80. The highest BCUT2D eigenvalue weighted by Gasteiger charge is 2.16. The largest absolute Gasteiger partial charge is 0.379 e. The Bertz CT molecular complexity index is 1060. The van der Waals surface area contributed by atoms with Crippen LogP contribution in [0.3, 0.4) is 0 Å². The molecular formula is C22H30N8O2. The third-order valence-electron chi connectivity index (χ3n) is 5.26. The lowest BCUT2D eigenvalue weighted by Crippen LogP contribution is -2.39. The standard InChI is InChI=1S/C22H30N8O2/c1-15(2)30-14-24-19-20(26-18-6-4-17(5-7-18)25-16(3)31)27-22(28-21(19)30)23-8-9-29-10-12-32-13-11-29/h4-7,14-15H,8-13H2,1-3H3,(H,25,31)(H2,23,26,27,28). The van der Waals surface area contributed by atoms with Crippen LogP contribution in [0.1, 0.15) is 26.8 Å². The second kappa shape index (κ2) is 9.92. The summed E-state index contributed by atoms with van der Waals surface area (Å²) in [5, 5.41) is 9.49. The van der Waals surface area contributed by atoms with Crippen LogP contribution < -0.4 is 16.0 Å². The van der Waals surface area contributed by atoms with Crippen molar-refractivity contribution >= 4 is 40.2 Å². The molecule has 0 radical (unpaired) electrons. The van der Waals surface area contributed by atoms with Crippen LogP contribution in [0.4, 0.5) is 23.1 Å². The van der Waals surface area contributed by atoms with E-state index in [2.05, 4.69) is 39.7 Å². The van der Waals surface area contributed by atoms with Crippen molar-refractivity contribution in [3.05, 3.63) is 30.6 Å². The highest BCUT2D eigenvalue weighted by Crippen LogP contribution is 2.26. The monoisotopic (exact) mass is 438 g/mol. The number of hydrogen-bond donors (Lipinski definition) is 3. The van der Waals surface area contributed by atoms with E-state index in [-0.39, 0.29) is 11.9 Å². The molecule has 1 aromatic carbocycles. The van der Waals surface area contributed by atoms with Crippen LogP contribution in [-0.4, -0.2) is 69.7 Å². The van der Waals surface area contributed by atoms with E-state index in [1.165, 1.54) is 6.92 Å². The molecular weight excluding hydrogens is 408 g/mol. The number of carbonyl (C=O) groups is 1. The molecule has 3 N–H and O–H groups in total. The lowest BCUT2D eigenvalue weighted by molar-refractivity contribution is -0.114. The van der Waals surface area contributed by atoms with E-state index in [1.807, 2.05) is 28.8 Å². The van der Waals surface area contributed by atoms with Crippen molar-refractivity contribution in [3.63, 3.8) is 0 Å². The number of morpholine rings is 1. The highest BCUT2D eigenvalue weighted by molar-refractivity contribution is 5.89. The molecule has 3 aromatic rings. The van der Waals surface area contributed by atoms with E-state index < -0.39 is 0 Å². The molecule has 0 aliphatic carbocycles. The summed E-state index contributed by atoms with van der Waals surface area (Å²) in [5.41, 5.74) is 3.08. The zero-order valence-electron chi connectivity index (χ0n) is 18.8. The van der Waals surface area contributed by atoms with E-state index in [9.17, 15) is 4.79 Å². The van der Waals surface area contributed by atoms with Gasteiger partial charge in [0.2, 0.25) is 11.9 Å². The molecule has 10 nitrogen and oxygen atoms in total. The van der Waals surface area contributed by atoms with Crippen LogP contribution in [0.5, 0.6) is 0 Å². The van der Waals surface area contributed by atoms with Gasteiger partial charge >= 0.3 is 0 Å². The first-order chi connectivity index (χ1) is 15.5. The molecule has 32 heavy (non-hydrogen) atoms. The third-order valence-corrected chi connectivity index (χ3v) is 5.26. The molecule has 1 aliphatic heterocycles. The predicted molar refractivity (Wildman–Crippen MR) is 125 cm³/mol. The minimum atomic E-state index is -0.102. The van der Waals surface area contributed by atoms with E-state index in [0.717, 1.165) is 56.4 Å². The molecule has 0 atom stereocenters. The van der Waals surface area contributed by atoms with Gasteiger partial charge in [-0.25, -0.2) is 4.98 Å². The lowest BCUT2D eigenvalue weighted by Gasteiger charge is -2.26. The van der Waals surface area contributed by atoms with Gasteiger partial charge in [0.15, 0.2) is 17.0 Å². The topological polar surface area (TPSA) is 109 Å². The fourth-order valence-corrected chi connectivity index (χ4v) is 3.59. The Morgan fingerprint density at radius 2 is 1.84 bits per heavy atom. The maximum Gasteiger partial charge on any atom is 0.226 e. The SMILES string of the molecule is CC(=O)Nc1ccc(Nc2nc(NCCN3CCOCC3)nc3c2ncn3C(C)C)cc1. The van der Waals surface area contributed by atoms with E-state index in [4.69, 9.17) is 14.7 Å². The molecule has 1 fully saturated rings. The van der Waals surface area contributed by atoms with E-state index >= 15 is 0 Å². The number of aromatic nitrogens is 4. The Morgan fingerprint density at radius 3 is 2.53 bits per heavy atom. The summed E-state index contributed by atoms with van der Waals surface area (Å²) in [6, 6.07) is 7.70. The number of ether oxygens (including phenoxy) is 1. The average molecular weight is 439 g/mol. The van der Waals surface area contributed by atoms with Gasteiger partial charge in [0.05, 0.1) is 19.5 Å². The van der Waals surface area contributed by atoms with Crippen LogP contribution in [0.2, 0.25) is 0 Å². The van der Waals surface area contributed by atoms with E-state index in [1.54, 1.807) is 6.33 Å². The normalized spacial score (nSPS) is 14.6. The van der Waals surface area contributed by atoms with E-state index in [0.29, 0.717) is 17.3 Å². The molecule has 1 aliphatic rings. The Balaban J connectivity index is 1.55. The molecule has 4 rings (SSSR count). The van der Waals surface area contributed by atoms with Crippen molar-refractivity contribution in [3.8, 4) is 0 Å². The molecule has 0 unspecified atom stereocenters. The third kappa shape index (κ3) is 5.32. The minimum Gasteiger partial charge on any atom is -0.379 e. The summed E-state index contributed by atoms with van der Waals surface area (Å²) in [4.78, 5) is 27.6. The number of fused-ring (bicyclic) bond motifs is 1. The van der Waals surface area contributed by atoms with Gasteiger partial charge in [-0.15, -0.1) is 0 Å². The number of imidazole rings is 1. The molecule has 3 heterocycles. The number of carbonyl (C=O) groups excluding carboxylic acids is 1. The highest BCUT2D eigenvalue weighted by atomic mass is 16.5. The zero-order chi connectivity index (χ0) is 22.5. The van der Waals surface area contributed by atoms with Crippen LogP contribution >= 0.6 is 0 Å². The number of anilines is 4. The van der Waals surface area contributed by atoms with Crippen molar-refractivity contribution in [2.75, 3.05) is 55.3 Å². The van der Waals surface area contributed by atoms with Crippen molar-refractivity contribution < 1.29 is 9.53 Å². The van der Waals surface area contributed by atoms with Crippen LogP contribution in [0.25, 0.3) is 11.2 Å². The molecule has 1 amide bonds. The maximum absolute atomic E-state index is 11.2. The van der Waals surface area contributed by atoms with Gasteiger partial charge < -0.3 is 25.3 Å². The Hall–Kier alpha value is -3.24. The zero-order valence-corrected chi connectivity index (χ0v) is 18.8. The van der Waals surface area contributed by atoms with Crippen molar-refractivity contribution in [1.29, 1.82) is 0 Å². The first kappa shape index (κ1) is 22.0. The van der Waals surface area contributed by atoms with Gasteiger partial charge in [0.1, 0.15) is 0 Å². The summed E-state index contributed by atoms with van der Waals surface area (Å²) in [5.74, 6) is 1.09. The quantitative estimate of drug-likeness (QED) is 0.493. The van der Waals surface area contributed by atoms with Crippen molar-refractivity contribution in [2.24, 2.45) is 0 Å². The van der Waals surface area contributed by atoms with Crippen LogP contribution in [0, 0.1) is 0 Å². The molecule has 0 bridgehead atoms. The fraction of sp³-hybridized carbons (Fsp3) is 0.455. The Kier molecular flexibility index (Phi) is 6.81. The Morgan fingerprint density at radius 1 is 1.12 bits per heavy atom.